The molecule has 1 amide bonds. The van der Waals surface area contributed by atoms with Gasteiger partial charge in [0.1, 0.15) is 5.15 Å². The third kappa shape index (κ3) is 3.06. The number of nitrogens with one attached hydrogen (secondary N) is 2. The van der Waals surface area contributed by atoms with Gasteiger partial charge in [0, 0.05) is 24.0 Å². The first-order valence-corrected chi connectivity index (χ1v) is 9.63. The van der Waals surface area contributed by atoms with Crippen molar-refractivity contribution in [3.05, 3.63) is 29.4 Å². The fourth-order valence-electron chi connectivity index (χ4n) is 3.88. The van der Waals surface area contributed by atoms with Crippen molar-refractivity contribution in [3.8, 4) is 11.5 Å². The van der Waals surface area contributed by atoms with E-state index in [9.17, 15) is 4.79 Å². The van der Waals surface area contributed by atoms with Crippen LogP contribution in [-0.2, 0) is 4.79 Å². The van der Waals surface area contributed by atoms with Crippen LogP contribution in [0, 0.1) is 5.41 Å². The average Bonchev–Trinajstić information content (AvgIpc) is 3.12. The Labute approximate surface area is 161 Å². The van der Waals surface area contributed by atoms with E-state index in [-0.39, 0.29) is 18.5 Å². The van der Waals surface area contributed by atoms with Gasteiger partial charge < -0.3 is 19.6 Å². The summed E-state index contributed by atoms with van der Waals surface area (Å²) in [6.07, 6.45) is 4.91. The Bertz CT molecular complexity index is 997. The first-order chi connectivity index (χ1) is 13.1. The van der Waals surface area contributed by atoms with Gasteiger partial charge in [0.15, 0.2) is 0 Å². The van der Waals surface area contributed by atoms with E-state index < -0.39 is 0 Å². The number of anilines is 1. The van der Waals surface area contributed by atoms with Crippen molar-refractivity contribution < 1.29 is 9.21 Å². The van der Waals surface area contributed by atoms with Crippen molar-refractivity contribution in [1.82, 2.24) is 20.1 Å². The molecule has 5 rings (SSSR count). The third-order valence-electron chi connectivity index (χ3n) is 5.82. The molecule has 1 saturated carbocycles. The van der Waals surface area contributed by atoms with E-state index in [0.717, 1.165) is 36.8 Å². The molecule has 0 atom stereocenters. The molecule has 1 aliphatic heterocycles. The molecule has 0 unspecified atom stereocenters. The topological polar surface area (TPSA) is 87.0 Å². The van der Waals surface area contributed by atoms with Crippen LogP contribution in [0.5, 0.6) is 0 Å². The monoisotopic (exact) mass is 385 g/mol. The number of hydrogen-bond acceptors (Lipinski definition) is 5. The quantitative estimate of drug-likeness (QED) is 0.715. The Morgan fingerprint density at radius 1 is 1.22 bits per heavy atom. The number of halogens is 1. The summed E-state index contributed by atoms with van der Waals surface area (Å²) in [6.45, 7) is 1.84. The van der Waals surface area contributed by atoms with E-state index in [1.54, 1.807) is 0 Å². The van der Waals surface area contributed by atoms with E-state index in [1.165, 1.54) is 12.8 Å². The predicted molar refractivity (Wildman–Crippen MR) is 103 cm³/mol. The predicted octanol–water partition coefficient (Wildman–Crippen LogP) is 3.69. The van der Waals surface area contributed by atoms with Gasteiger partial charge in [-0.3, -0.25) is 4.79 Å². The standard InChI is InChI=1S/C19H20ClN5O2/c20-16-15(12-3-1-2-4-13(12)22-16)17-23-24-18(27-17)21-11-14(26)25-9-7-19(5-6-19)8-10-25/h1-4,22H,5-11H2,(H,21,24). The highest BCUT2D eigenvalue weighted by molar-refractivity contribution is 6.34. The van der Waals surface area contributed by atoms with E-state index in [1.807, 2.05) is 29.2 Å². The molecule has 7 nitrogen and oxygen atoms in total. The van der Waals surface area contributed by atoms with E-state index in [2.05, 4.69) is 20.5 Å². The molecule has 2 fully saturated rings. The maximum atomic E-state index is 12.4. The Kier molecular flexibility index (Phi) is 3.86. The van der Waals surface area contributed by atoms with Crippen LogP contribution in [0.2, 0.25) is 5.15 Å². The zero-order valence-electron chi connectivity index (χ0n) is 14.8. The normalized spacial score (nSPS) is 18.2. The summed E-state index contributed by atoms with van der Waals surface area (Å²) in [5.41, 5.74) is 2.13. The number of piperidine rings is 1. The fraction of sp³-hybridized carbons (Fsp3) is 0.421. The number of likely N-dealkylation sites (tertiary alicyclic amines) is 1. The van der Waals surface area contributed by atoms with Crippen LogP contribution < -0.4 is 5.32 Å². The van der Waals surface area contributed by atoms with Crippen LogP contribution >= 0.6 is 11.6 Å². The number of fused-ring (bicyclic) bond motifs is 1. The molecule has 1 aromatic carbocycles. The molecule has 2 aliphatic rings. The number of rotatable bonds is 4. The van der Waals surface area contributed by atoms with Crippen LogP contribution in [0.1, 0.15) is 25.7 Å². The molecule has 27 heavy (non-hydrogen) atoms. The molecule has 3 heterocycles. The van der Waals surface area contributed by atoms with Crippen LogP contribution in [0.15, 0.2) is 28.7 Å². The molecule has 2 N–H and O–H groups in total. The number of aromatic amines is 1. The molecule has 2 aromatic heterocycles. The summed E-state index contributed by atoms with van der Waals surface area (Å²) in [4.78, 5) is 17.4. The number of carbonyl (C=O) groups is 1. The first kappa shape index (κ1) is 16.6. The third-order valence-corrected chi connectivity index (χ3v) is 6.11. The van der Waals surface area contributed by atoms with E-state index in [0.29, 0.717) is 22.0 Å². The smallest absolute Gasteiger partial charge is 0.316 e. The van der Waals surface area contributed by atoms with Crippen molar-refractivity contribution in [3.63, 3.8) is 0 Å². The maximum Gasteiger partial charge on any atom is 0.316 e. The van der Waals surface area contributed by atoms with Gasteiger partial charge in [0.25, 0.3) is 5.89 Å². The maximum absolute atomic E-state index is 12.4. The van der Waals surface area contributed by atoms with Crippen LogP contribution in [-0.4, -0.2) is 45.6 Å². The highest BCUT2D eigenvalue weighted by atomic mass is 35.5. The second-order valence-corrected chi connectivity index (χ2v) is 7.88. The van der Waals surface area contributed by atoms with Crippen molar-refractivity contribution >= 4 is 34.4 Å². The number of H-pyrrole nitrogens is 1. The minimum atomic E-state index is 0.0652. The lowest BCUT2D eigenvalue weighted by Gasteiger charge is -2.32. The summed E-state index contributed by atoms with van der Waals surface area (Å²) < 4.78 is 5.69. The number of benzene rings is 1. The highest BCUT2D eigenvalue weighted by Gasteiger charge is 2.44. The number of amides is 1. The highest BCUT2D eigenvalue weighted by Crippen LogP contribution is 2.53. The van der Waals surface area contributed by atoms with Gasteiger partial charge in [-0.2, -0.15) is 0 Å². The van der Waals surface area contributed by atoms with Crippen molar-refractivity contribution in [2.45, 2.75) is 25.7 Å². The molecule has 0 bridgehead atoms. The summed E-state index contributed by atoms with van der Waals surface area (Å²) in [5.74, 6) is 0.386. The van der Waals surface area contributed by atoms with Gasteiger partial charge in [-0.05, 0) is 37.2 Å². The Balaban J connectivity index is 1.25. The Hall–Kier alpha value is -2.54. The first-order valence-electron chi connectivity index (χ1n) is 9.25. The van der Waals surface area contributed by atoms with E-state index in [4.69, 9.17) is 16.0 Å². The molecule has 3 aromatic rings. The van der Waals surface area contributed by atoms with Crippen molar-refractivity contribution in [1.29, 1.82) is 0 Å². The summed E-state index contributed by atoms with van der Waals surface area (Å²) in [6, 6.07) is 7.95. The Morgan fingerprint density at radius 2 is 2.00 bits per heavy atom. The number of hydrogen-bond donors (Lipinski definition) is 2. The Morgan fingerprint density at radius 3 is 2.78 bits per heavy atom. The lowest BCUT2D eigenvalue weighted by atomic mass is 9.94. The number of para-hydroxylation sites is 1. The SMILES string of the molecule is O=C(CNc1nnc(-c2c(Cl)[nH]c3ccccc23)o1)N1CCC2(CC1)CC2. The largest absolute Gasteiger partial charge is 0.403 e. The average molecular weight is 386 g/mol. The van der Waals surface area contributed by atoms with Gasteiger partial charge in [0.2, 0.25) is 5.91 Å². The second-order valence-electron chi connectivity index (χ2n) is 7.51. The summed E-state index contributed by atoms with van der Waals surface area (Å²) in [5, 5.41) is 12.4. The van der Waals surface area contributed by atoms with Crippen molar-refractivity contribution in [2.75, 3.05) is 25.0 Å². The van der Waals surface area contributed by atoms with Crippen LogP contribution in [0.3, 0.4) is 0 Å². The molecule has 8 heteroatoms. The number of nitrogens with zero attached hydrogens (tertiary/aromatic N) is 3. The second kappa shape index (κ2) is 6.27. The summed E-state index contributed by atoms with van der Waals surface area (Å²) in [7, 11) is 0. The minimum absolute atomic E-state index is 0.0652. The van der Waals surface area contributed by atoms with Crippen LogP contribution in [0.25, 0.3) is 22.4 Å². The fourth-order valence-corrected chi connectivity index (χ4v) is 4.17. The van der Waals surface area contributed by atoms with Gasteiger partial charge >= 0.3 is 6.01 Å². The van der Waals surface area contributed by atoms with Gasteiger partial charge in [-0.25, -0.2) is 0 Å². The van der Waals surface area contributed by atoms with Gasteiger partial charge in [0.05, 0.1) is 12.1 Å². The molecule has 1 spiro atoms. The number of carbonyl (C=O) groups excluding carboxylic acids is 1. The molecule has 0 radical (unpaired) electrons. The lowest BCUT2D eigenvalue weighted by Crippen LogP contribution is -2.41. The zero-order valence-corrected chi connectivity index (χ0v) is 15.6. The van der Waals surface area contributed by atoms with E-state index >= 15 is 0 Å². The molecular formula is C19H20ClN5O2. The molecule has 1 saturated heterocycles. The molecule has 140 valence electrons. The lowest BCUT2D eigenvalue weighted by molar-refractivity contribution is -0.130. The van der Waals surface area contributed by atoms with Crippen LogP contribution in [0.4, 0.5) is 6.01 Å². The minimum Gasteiger partial charge on any atom is -0.403 e. The zero-order chi connectivity index (χ0) is 18.4. The molecular weight excluding hydrogens is 366 g/mol. The van der Waals surface area contributed by atoms with Crippen molar-refractivity contribution in [2.24, 2.45) is 5.41 Å². The van der Waals surface area contributed by atoms with Gasteiger partial charge in [-0.15, -0.1) is 5.10 Å². The van der Waals surface area contributed by atoms with Gasteiger partial charge in [-0.1, -0.05) is 34.9 Å². The molecule has 1 aliphatic carbocycles. The summed E-state index contributed by atoms with van der Waals surface area (Å²) >= 11 is 6.30. The number of aromatic nitrogens is 3.